The number of aliphatic hydroxyl groups is 1. The molecule has 0 saturated heterocycles. The van der Waals surface area contributed by atoms with Crippen LogP contribution in [0.3, 0.4) is 0 Å². The second-order valence-corrected chi connectivity index (χ2v) is 4.88. The van der Waals surface area contributed by atoms with E-state index in [1.54, 1.807) is 12.1 Å². The van der Waals surface area contributed by atoms with Crippen molar-refractivity contribution < 1.29 is 14.3 Å². The molecule has 0 radical (unpaired) electrons. The normalized spacial score (nSPS) is 10.4. The van der Waals surface area contributed by atoms with E-state index in [-0.39, 0.29) is 18.3 Å². The molecule has 0 spiro atoms. The molecule has 0 aromatic heterocycles. The lowest BCUT2D eigenvalue weighted by atomic mass is 10.1. The Labute approximate surface area is 123 Å². The first-order valence-corrected chi connectivity index (χ1v) is 6.87. The standard InChI is InChI=1S/C17H18FNO2/c18-16-7-4-13(5-8-16)6-9-17(21)19-11-14-2-1-3-15(10-14)12-20/h1-5,7-8,10,20H,6,9,11-12H2,(H,19,21). The fourth-order valence-corrected chi connectivity index (χ4v) is 2.04. The maximum atomic E-state index is 12.8. The van der Waals surface area contributed by atoms with Crippen LogP contribution in [0, 0.1) is 5.82 Å². The van der Waals surface area contributed by atoms with Crippen molar-refractivity contribution in [3.8, 4) is 0 Å². The third kappa shape index (κ3) is 5.00. The van der Waals surface area contributed by atoms with Gasteiger partial charge in [-0.1, -0.05) is 36.4 Å². The third-order valence-corrected chi connectivity index (χ3v) is 3.22. The Hall–Kier alpha value is -2.20. The van der Waals surface area contributed by atoms with Crippen molar-refractivity contribution in [3.05, 3.63) is 71.0 Å². The lowest BCUT2D eigenvalue weighted by molar-refractivity contribution is -0.121. The molecule has 0 unspecified atom stereocenters. The first kappa shape index (κ1) is 15.2. The molecule has 2 rings (SSSR count). The van der Waals surface area contributed by atoms with Crippen LogP contribution in [0.1, 0.15) is 23.1 Å². The molecular formula is C17H18FNO2. The highest BCUT2D eigenvalue weighted by Gasteiger charge is 2.03. The number of halogens is 1. The Balaban J connectivity index is 1.78. The monoisotopic (exact) mass is 287 g/mol. The summed E-state index contributed by atoms with van der Waals surface area (Å²) in [6, 6.07) is 13.6. The van der Waals surface area contributed by atoms with Crippen LogP contribution in [0.4, 0.5) is 4.39 Å². The highest BCUT2D eigenvalue weighted by Crippen LogP contribution is 2.07. The van der Waals surface area contributed by atoms with E-state index in [1.807, 2.05) is 24.3 Å². The summed E-state index contributed by atoms with van der Waals surface area (Å²) < 4.78 is 12.8. The summed E-state index contributed by atoms with van der Waals surface area (Å²) in [6.07, 6.45) is 0.952. The minimum Gasteiger partial charge on any atom is -0.392 e. The van der Waals surface area contributed by atoms with Gasteiger partial charge in [-0.25, -0.2) is 4.39 Å². The van der Waals surface area contributed by atoms with E-state index in [0.29, 0.717) is 19.4 Å². The topological polar surface area (TPSA) is 49.3 Å². The van der Waals surface area contributed by atoms with Gasteiger partial charge in [0.05, 0.1) is 6.61 Å². The zero-order valence-corrected chi connectivity index (χ0v) is 11.7. The molecule has 0 heterocycles. The van der Waals surface area contributed by atoms with E-state index < -0.39 is 0 Å². The quantitative estimate of drug-likeness (QED) is 0.858. The molecule has 3 nitrogen and oxygen atoms in total. The molecule has 1 amide bonds. The van der Waals surface area contributed by atoms with Gasteiger partial charge in [0, 0.05) is 13.0 Å². The fraction of sp³-hybridized carbons (Fsp3) is 0.235. The van der Waals surface area contributed by atoms with Crippen LogP contribution in [0.5, 0.6) is 0 Å². The zero-order chi connectivity index (χ0) is 15.1. The number of carbonyl (C=O) groups excluding carboxylic acids is 1. The van der Waals surface area contributed by atoms with E-state index in [0.717, 1.165) is 16.7 Å². The molecular weight excluding hydrogens is 269 g/mol. The molecule has 110 valence electrons. The number of hydrogen-bond donors (Lipinski definition) is 2. The van der Waals surface area contributed by atoms with Crippen molar-refractivity contribution in [2.75, 3.05) is 0 Å². The van der Waals surface area contributed by atoms with Gasteiger partial charge in [0.1, 0.15) is 5.82 Å². The maximum absolute atomic E-state index is 12.8. The molecule has 21 heavy (non-hydrogen) atoms. The summed E-state index contributed by atoms with van der Waals surface area (Å²) in [6.45, 7) is 0.433. The van der Waals surface area contributed by atoms with Crippen LogP contribution in [-0.4, -0.2) is 11.0 Å². The number of rotatable bonds is 6. The minimum absolute atomic E-state index is 0.00759. The molecule has 2 aromatic carbocycles. The molecule has 0 bridgehead atoms. The van der Waals surface area contributed by atoms with Crippen LogP contribution in [0.2, 0.25) is 0 Å². The van der Waals surface area contributed by atoms with Gasteiger partial charge in [0.25, 0.3) is 0 Å². The summed E-state index contributed by atoms with van der Waals surface area (Å²) in [5, 5.41) is 11.9. The predicted octanol–water partition coefficient (Wildman–Crippen LogP) is 2.57. The van der Waals surface area contributed by atoms with Crippen molar-refractivity contribution in [1.29, 1.82) is 0 Å². The number of carbonyl (C=O) groups is 1. The molecule has 0 aliphatic rings. The van der Waals surface area contributed by atoms with E-state index >= 15 is 0 Å². The van der Waals surface area contributed by atoms with Gasteiger partial charge >= 0.3 is 0 Å². The number of nitrogens with one attached hydrogen (secondary N) is 1. The lowest BCUT2D eigenvalue weighted by Crippen LogP contribution is -2.23. The maximum Gasteiger partial charge on any atom is 0.220 e. The Bertz CT molecular complexity index is 596. The molecule has 0 atom stereocenters. The molecule has 2 N–H and O–H groups in total. The van der Waals surface area contributed by atoms with E-state index in [1.165, 1.54) is 12.1 Å². The van der Waals surface area contributed by atoms with E-state index in [2.05, 4.69) is 5.32 Å². The Morgan fingerprint density at radius 3 is 2.48 bits per heavy atom. The second-order valence-electron chi connectivity index (χ2n) is 4.88. The fourth-order valence-electron chi connectivity index (χ4n) is 2.04. The van der Waals surface area contributed by atoms with Crippen LogP contribution >= 0.6 is 0 Å². The number of benzene rings is 2. The number of hydrogen-bond acceptors (Lipinski definition) is 2. The molecule has 4 heteroatoms. The van der Waals surface area contributed by atoms with Gasteiger partial charge in [-0.15, -0.1) is 0 Å². The second kappa shape index (κ2) is 7.55. The number of amides is 1. The number of aliphatic hydroxyl groups excluding tert-OH is 1. The van der Waals surface area contributed by atoms with Crippen molar-refractivity contribution in [1.82, 2.24) is 5.32 Å². The predicted molar refractivity (Wildman–Crippen MR) is 78.9 cm³/mol. The van der Waals surface area contributed by atoms with Crippen molar-refractivity contribution in [2.24, 2.45) is 0 Å². The SMILES string of the molecule is O=C(CCc1ccc(F)cc1)NCc1cccc(CO)c1. The first-order chi connectivity index (χ1) is 10.2. The van der Waals surface area contributed by atoms with Crippen LogP contribution in [-0.2, 0) is 24.4 Å². The van der Waals surface area contributed by atoms with Crippen molar-refractivity contribution in [3.63, 3.8) is 0 Å². The van der Waals surface area contributed by atoms with Gasteiger partial charge < -0.3 is 10.4 Å². The van der Waals surface area contributed by atoms with Crippen molar-refractivity contribution >= 4 is 5.91 Å². The average Bonchev–Trinajstić information content (AvgIpc) is 2.52. The summed E-state index contributed by atoms with van der Waals surface area (Å²) in [5.74, 6) is -0.319. The summed E-state index contributed by atoms with van der Waals surface area (Å²) >= 11 is 0. The molecule has 0 aliphatic carbocycles. The first-order valence-electron chi connectivity index (χ1n) is 6.87. The van der Waals surface area contributed by atoms with Crippen LogP contribution < -0.4 is 5.32 Å². The van der Waals surface area contributed by atoms with Crippen molar-refractivity contribution in [2.45, 2.75) is 26.0 Å². The average molecular weight is 287 g/mol. The van der Waals surface area contributed by atoms with E-state index in [4.69, 9.17) is 5.11 Å². The van der Waals surface area contributed by atoms with Crippen LogP contribution in [0.25, 0.3) is 0 Å². The van der Waals surface area contributed by atoms with Gasteiger partial charge in [-0.3, -0.25) is 4.79 Å². The summed E-state index contributed by atoms with van der Waals surface area (Å²) in [7, 11) is 0. The smallest absolute Gasteiger partial charge is 0.220 e. The van der Waals surface area contributed by atoms with Crippen LogP contribution in [0.15, 0.2) is 48.5 Å². The Morgan fingerprint density at radius 2 is 1.76 bits per heavy atom. The van der Waals surface area contributed by atoms with Gasteiger partial charge in [0.15, 0.2) is 0 Å². The number of aryl methyl sites for hydroxylation is 1. The largest absolute Gasteiger partial charge is 0.392 e. The zero-order valence-electron chi connectivity index (χ0n) is 11.7. The highest BCUT2D eigenvalue weighted by atomic mass is 19.1. The van der Waals surface area contributed by atoms with E-state index in [9.17, 15) is 9.18 Å². The van der Waals surface area contributed by atoms with Gasteiger partial charge in [-0.2, -0.15) is 0 Å². The Morgan fingerprint density at radius 1 is 1.05 bits per heavy atom. The summed E-state index contributed by atoms with van der Waals surface area (Å²) in [5.41, 5.74) is 2.72. The third-order valence-electron chi connectivity index (χ3n) is 3.22. The Kier molecular flexibility index (Phi) is 5.46. The summed E-state index contributed by atoms with van der Waals surface area (Å²) in [4.78, 5) is 11.8. The molecule has 0 fully saturated rings. The molecule has 0 saturated carbocycles. The lowest BCUT2D eigenvalue weighted by Gasteiger charge is -2.07. The molecule has 2 aromatic rings. The molecule has 0 aliphatic heterocycles. The van der Waals surface area contributed by atoms with Gasteiger partial charge in [0.2, 0.25) is 5.91 Å². The minimum atomic E-state index is -0.271. The van der Waals surface area contributed by atoms with Gasteiger partial charge in [-0.05, 0) is 35.2 Å². The highest BCUT2D eigenvalue weighted by molar-refractivity contribution is 5.76.